The van der Waals surface area contributed by atoms with E-state index in [1.165, 1.54) is 6.08 Å². The molecule has 1 saturated heterocycles. The Morgan fingerprint density at radius 2 is 1.68 bits per heavy atom. The molecular weight excluding hydrogens is 324 g/mol. The molecule has 4 amide bonds. The number of amides is 4. The number of benzene rings is 1. The Hall–Kier alpha value is -3.00. The number of imide groups is 2. The fourth-order valence-corrected chi connectivity index (χ4v) is 3.33. The van der Waals surface area contributed by atoms with Crippen molar-refractivity contribution in [3.8, 4) is 0 Å². The van der Waals surface area contributed by atoms with Crippen LogP contribution in [0.4, 0.5) is 5.69 Å². The lowest BCUT2D eigenvalue weighted by Crippen LogP contribution is -2.51. The predicted molar refractivity (Wildman–Crippen MR) is 88.1 cm³/mol. The molecule has 0 radical (unpaired) electrons. The third-order valence-corrected chi connectivity index (χ3v) is 4.61. The average molecular weight is 340 g/mol. The largest absolute Gasteiger partial charge is 0.369 e. The van der Waals surface area contributed by atoms with Gasteiger partial charge < -0.3 is 10.2 Å². The summed E-state index contributed by atoms with van der Waals surface area (Å²) in [6.07, 6.45) is 2.43. The Morgan fingerprint density at radius 1 is 0.960 bits per heavy atom. The van der Waals surface area contributed by atoms with Gasteiger partial charge in [-0.2, -0.15) is 0 Å². The highest BCUT2D eigenvalue weighted by Gasteiger charge is 2.43. The quantitative estimate of drug-likeness (QED) is 0.689. The van der Waals surface area contributed by atoms with Crippen LogP contribution in [0.2, 0.25) is 0 Å². The lowest BCUT2D eigenvalue weighted by Gasteiger charge is -2.29. The van der Waals surface area contributed by atoms with Crippen LogP contribution in [0.25, 0.3) is 0 Å². The van der Waals surface area contributed by atoms with Crippen molar-refractivity contribution in [1.29, 1.82) is 0 Å². The van der Waals surface area contributed by atoms with Gasteiger partial charge in [0.25, 0.3) is 17.7 Å². The third kappa shape index (κ3) is 2.51. The first kappa shape index (κ1) is 15.5. The number of hydrogen-bond donors (Lipinski definition) is 2. The summed E-state index contributed by atoms with van der Waals surface area (Å²) in [6, 6.07) is 4.05. The lowest BCUT2D eigenvalue weighted by molar-refractivity contribution is -0.130. The van der Waals surface area contributed by atoms with Gasteiger partial charge in [0.1, 0.15) is 6.04 Å². The third-order valence-electron chi connectivity index (χ3n) is 4.61. The number of anilines is 1. The monoisotopic (exact) mass is 340 g/mol. The number of nitrogens with one attached hydrogen (secondary N) is 2. The van der Waals surface area contributed by atoms with Crippen LogP contribution in [-0.2, 0) is 9.59 Å². The number of carbonyl (C=O) groups excluding carboxylic acids is 4. The highest BCUT2D eigenvalue weighted by molar-refractivity contribution is 6.24. The van der Waals surface area contributed by atoms with Gasteiger partial charge in [0, 0.05) is 37.9 Å². The van der Waals surface area contributed by atoms with Crippen molar-refractivity contribution in [3.05, 3.63) is 41.5 Å². The fourth-order valence-electron chi connectivity index (χ4n) is 3.33. The topological polar surface area (TPSA) is 98.8 Å². The molecule has 2 N–H and O–H groups in total. The Balaban J connectivity index is 1.66. The second-order valence-electron chi connectivity index (χ2n) is 6.10. The molecule has 3 heterocycles. The van der Waals surface area contributed by atoms with E-state index in [1.54, 1.807) is 12.1 Å². The zero-order valence-electron chi connectivity index (χ0n) is 13.3. The summed E-state index contributed by atoms with van der Waals surface area (Å²) in [7, 11) is 0. The molecule has 1 aromatic rings. The van der Waals surface area contributed by atoms with E-state index in [0.29, 0.717) is 5.56 Å². The molecular formula is C17H16N4O4. The zero-order valence-corrected chi connectivity index (χ0v) is 13.3. The van der Waals surface area contributed by atoms with E-state index in [-0.39, 0.29) is 5.56 Å². The molecule has 25 heavy (non-hydrogen) atoms. The van der Waals surface area contributed by atoms with Gasteiger partial charge in [0.15, 0.2) is 0 Å². The molecule has 4 rings (SSSR count). The molecule has 3 aliphatic rings. The maximum absolute atomic E-state index is 12.7. The summed E-state index contributed by atoms with van der Waals surface area (Å²) >= 11 is 0. The van der Waals surface area contributed by atoms with Crippen LogP contribution < -0.4 is 15.5 Å². The second kappa shape index (κ2) is 5.82. The molecule has 0 saturated carbocycles. The number of rotatable bonds is 2. The summed E-state index contributed by atoms with van der Waals surface area (Å²) in [5.41, 5.74) is 1.45. The van der Waals surface area contributed by atoms with E-state index < -0.39 is 29.7 Å². The van der Waals surface area contributed by atoms with Gasteiger partial charge in [-0.15, -0.1) is 0 Å². The van der Waals surface area contributed by atoms with E-state index in [0.717, 1.165) is 42.8 Å². The van der Waals surface area contributed by atoms with E-state index in [4.69, 9.17) is 0 Å². The molecule has 1 fully saturated rings. The molecule has 8 nitrogen and oxygen atoms in total. The van der Waals surface area contributed by atoms with Crippen LogP contribution in [-0.4, -0.2) is 60.7 Å². The van der Waals surface area contributed by atoms with Gasteiger partial charge in [-0.05, 0) is 24.3 Å². The number of fused-ring (bicyclic) bond motifs is 1. The smallest absolute Gasteiger partial charge is 0.262 e. The minimum atomic E-state index is -1.10. The van der Waals surface area contributed by atoms with E-state index in [9.17, 15) is 19.2 Å². The van der Waals surface area contributed by atoms with Gasteiger partial charge in [0.05, 0.1) is 11.1 Å². The molecule has 0 spiro atoms. The van der Waals surface area contributed by atoms with E-state index in [1.807, 2.05) is 6.07 Å². The van der Waals surface area contributed by atoms with Gasteiger partial charge >= 0.3 is 0 Å². The maximum atomic E-state index is 12.7. The predicted octanol–water partition coefficient (Wildman–Crippen LogP) is -0.727. The number of nitrogens with zero attached hydrogens (tertiary/aromatic N) is 2. The first-order valence-corrected chi connectivity index (χ1v) is 8.07. The number of piperazine rings is 1. The molecule has 3 aliphatic heterocycles. The van der Waals surface area contributed by atoms with Crippen LogP contribution in [0.1, 0.15) is 20.7 Å². The zero-order chi connectivity index (χ0) is 17.6. The van der Waals surface area contributed by atoms with Crippen LogP contribution >= 0.6 is 0 Å². The van der Waals surface area contributed by atoms with Crippen molar-refractivity contribution in [3.63, 3.8) is 0 Å². The van der Waals surface area contributed by atoms with Crippen LogP contribution in [0.5, 0.6) is 0 Å². The minimum absolute atomic E-state index is 0.280. The molecule has 128 valence electrons. The lowest BCUT2D eigenvalue weighted by atomic mass is 10.1. The highest BCUT2D eigenvalue weighted by Crippen LogP contribution is 2.29. The minimum Gasteiger partial charge on any atom is -0.369 e. The van der Waals surface area contributed by atoms with Crippen LogP contribution in [0, 0.1) is 0 Å². The Bertz CT molecular complexity index is 826. The van der Waals surface area contributed by atoms with Gasteiger partial charge in [-0.1, -0.05) is 0 Å². The van der Waals surface area contributed by atoms with Crippen molar-refractivity contribution >= 4 is 29.3 Å². The van der Waals surface area contributed by atoms with Crippen molar-refractivity contribution in [2.24, 2.45) is 0 Å². The normalized spacial score (nSPS) is 23.1. The molecule has 8 heteroatoms. The van der Waals surface area contributed by atoms with E-state index >= 15 is 0 Å². The fraction of sp³-hybridized carbons (Fsp3) is 0.294. The second-order valence-corrected chi connectivity index (χ2v) is 6.10. The molecule has 0 bridgehead atoms. The van der Waals surface area contributed by atoms with E-state index in [2.05, 4.69) is 15.5 Å². The molecule has 0 aliphatic carbocycles. The average Bonchev–Trinajstić information content (AvgIpc) is 2.87. The maximum Gasteiger partial charge on any atom is 0.262 e. The summed E-state index contributed by atoms with van der Waals surface area (Å²) in [5, 5.41) is 5.37. The van der Waals surface area contributed by atoms with Crippen LogP contribution in [0.15, 0.2) is 30.4 Å². The standard InChI is InChI=1S/C17H16N4O4/c22-14-4-3-13(15(23)19-14)21-16(24)11-2-1-10(9-12(11)17(21)25)20-7-5-18-6-8-20/h1-4,9,13,18H,5-8H2,(H,19,22,23). The summed E-state index contributed by atoms with van der Waals surface area (Å²) in [4.78, 5) is 51.6. The van der Waals surface area contributed by atoms with Gasteiger partial charge in [0.2, 0.25) is 5.91 Å². The molecule has 1 aromatic carbocycles. The van der Waals surface area contributed by atoms with Crippen LogP contribution in [0.3, 0.4) is 0 Å². The highest BCUT2D eigenvalue weighted by atomic mass is 16.2. The molecule has 0 aromatic heterocycles. The van der Waals surface area contributed by atoms with Crippen molar-refractivity contribution in [1.82, 2.24) is 15.5 Å². The van der Waals surface area contributed by atoms with Crippen molar-refractivity contribution < 1.29 is 19.2 Å². The number of hydrogen-bond acceptors (Lipinski definition) is 6. The number of carbonyl (C=O) groups is 4. The van der Waals surface area contributed by atoms with Crippen molar-refractivity contribution in [2.75, 3.05) is 31.1 Å². The Labute approximate surface area is 143 Å². The Kier molecular flexibility index (Phi) is 3.61. The summed E-state index contributed by atoms with van der Waals surface area (Å²) in [5.74, 6) is -2.27. The SMILES string of the molecule is O=C1C=CC(N2C(=O)c3ccc(N4CCNCC4)cc3C2=O)C(=O)N1. The van der Waals surface area contributed by atoms with Gasteiger partial charge in [-0.3, -0.25) is 29.4 Å². The summed E-state index contributed by atoms with van der Waals surface area (Å²) < 4.78 is 0. The van der Waals surface area contributed by atoms with Gasteiger partial charge in [-0.25, -0.2) is 0 Å². The molecule has 1 unspecified atom stereocenters. The van der Waals surface area contributed by atoms with Crippen molar-refractivity contribution in [2.45, 2.75) is 6.04 Å². The first-order valence-electron chi connectivity index (χ1n) is 8.07. The summed E-state index contributed by atoms with van der Waals surface area (Å²) in [6.45, 7) is 3.36. The first-order chi connectivity index (χ1) is 12.1. The molecule has 1 atom stereocenters. The Morgan fingerprint density at radius 3 is 2.40 bits per heavy atom.